The summed E-state index contributed by atoms with van der Waals surface area (Å²) in [4.78, 5) is 11.1. The molecule has 0 atom stereocenters. The Morgan fingerprint density at radius 3 is 2.67 bits per heavy atom. The van der Waals surface area contributed by atoms with Crippen LogP contribution in [-0.4, -0.2) is 17.4 Å². The van der Waals surface area contributed by atoms with E-state index in [0.29, 0.717) is 4.47 Å². The number of halogens is 4. The lowest BCUT2D eigenvalue weighted by atomic mass is 10.4. The van der Waals surface area contributed by atoms with Crippen molar-refractivity contribution < 1.29 is 17.9 Å². The molecule has 1 aromatic heterocycles. The molecule has 0 aromatic carbocycles. The highest BCUT2D eigenvalue weighted by Crippen LogP contribution is 2.24. The van der Waals surface area contributed by atoms with Crippen LogP contribution in [0.4, 0.5) is 13.2 Å². The van der Waals surface area contributed by atoms with E-state index in [1.54, 1.807) is 0 Å². The van der Waals surface area contributed by atoms with Crippen LogP contribution in [0.3, 0.4) is 0 Å². The molecule has 0 spiro atoms. The van der Waals surface area contributed by atoms with Gasteiger partial charge in [0.25, 0.3) is 5.56 Å². The van der Waals surface area contributed by atoms with Crippen LogP contribution in [0.1, 0.15) is 0 Å². The largest absolute Gasteiger partial charge is 0.483 e. The SMILES string of the molecule is Cn1cc(Br)c(OCC(F)(F)F)cc1=O. The van der Waals surface area contributed by atoms with Crippen molar-refractivity contribution in [2.75, 3.05) is 6.61 Å². The number of pyridine rings is 1. The van der Waals surface area contributed by atoms with Crippen LogP contribution in [0.15, 0.2) is 21.5 Å². The van der Waals surface area contributed by atoms with Crippen molar-refractivity contribution in [1.29, 1.82) is 0 Å². The monoisotopic (exact) mass is 285 g/mol. The maximum absolute atomic E-state index is 11.8. The van der Waals surface area contributed by atoms with E-state index in [1.807, 2.05) is 0 Å². The minimum atomic E-state index is -4.42. The average Bonchev–Trinajstić information content (AvgIpc) is 2.07. The second kappa shape index (κ2) is 4.26. The van der Waals surface area contributed by atoms with Gasteiger partial charge in [0.15, 0.2) is 6.61 Å². The van der Waals surface area contributed by atoms with Gasteiger partial charge in [-0.3, -0.25) is 4.79 Å². The number of ether oxygens (including phenoxy) is 1. The number of rotatable bonds is 2. The van der Waals surface area contributed by atoms with Crippen LogP contribution >= 0.6 is 15.9 Å². The van der Waals surface area contributed by atoms with Gasteiger partial charge >= 0.3 is 6.18 Å². The van der Waals surface area contributed by atoms with Crippen molar-refractivity contribution in [2.45, 2.75) is 6.18 Å². The summed E-state index contributed by atoms with van der Waals surface area (Å²) in [6.07, 6.45) is -3.07. The topological polar surface area (TPSA) is 31.2 Å². The zero-order valence-corrected chi connectivity index (χ0v) is 9.22. The highest BCUT2D eigenvalue weighted by molar-refractivity contribution is 9.10. The van der Waals surface area contributed by atoms with Gasteiger partial charge in [-0.1, -0.05) is 0 Å². The minimum absolute atomic E-state index is 0.115. The van der Waals surface area contributed by atoms with E-state index in [2.05, 4.69) is 20.7 Å². The summed E-state index contributed by atoms with van der Waals surface area (Å²) >= 11 is 3.00. The summed E-state index contributed by atoms with van der Waals surface area (Å²) in [5.74, 6) is -0.115. The van der Waals surface area contributed by atoms with Crippen molar-refractivity contribution in [2.24, 2.45) is 7.05 Å². The molecule has 1 heterocycles. The fourth-order valence-corrected chi connectivity index (χ4v) is 1.39. The maximum atomic E-state index is 11.8. The molecule has 84 valence electrons. The summed E-state index contributed by atoms with van der Waals surface area (Å²) in [7, 11) is 1.49. The molecule has 0 amide bonds. The van der Waals surface area contributed by atoms with Gasteiger partial charge in [-0.05, 0) is 15.9 Å². The van der Waals surface area contributed by atoms with Gasteiger partial charge in [0.05, 0.1) is 4.47 Å². The Hall–Kier alpha value is -0.980. The highest BCUT2D eigenvalue weighted by Gasteiger charge is 2.28. The lowest BCUT2D eigenvalue weighted by Crippen LogP contribution is -2.21. The lowest BCUT2D eigenvalue weighted by molar-refractivity contribution is -0.153. The first-order chi connectivity index (χ1) is 6.79. The normalized spacial score (nSPS) is 11.5. The van der Waals surface area contributed by atoms with Crippen LogP contribution < -0.4 is 10.3 Å². The first-order valence-corrected chi connectivity index (χ1v) is 4.64. The highest BCUT2D eigenvalue weighted by atomic mass is 79.9. The molecule has 15 heavy (non-hydrogen) atoms. The predicted molar refractivity (Wildman–Crippen MR) is 50.9 cm³/mol. The van der Waals surface area contributed by atoms with Crippen molar-refractivity contribution in [1.82, 2.24) is 4.57 Å². The van der Waals surface area contributed by atoms with Crippen LogP contribution in [0, 0.1) is 0 Å². The van der Waals surface area contributed by atoms with Gasteiger partial charge in [-0.25, -0.2) is 0 Å². The van der Waals surface area contributed by atoms with E-state index >= 15 is 0 Å². The van der Waals surface area contributed by atoms with Crippen LogP contribution in [-0.2, 0) is 7.05 Å². The predicted octanol–water partition coefficient (Wildman–Crippen LogP) is 2.09. The zero-order valence-electron chi connectivity index (χ0n) is 7.64. The summed E-state index contributed by atoms with van der Waals surface area (Å²) in [5, 5.41) is 0. The number of aromatic nitrogens is 1. The van der Waals surface area contributed by atoms with Crippen molar-refractivity contribution in [3.05, 3.63) is 27.1 Å². The Bertz CT molecular complexity index is 413. The van der Waals surface area contributed by atoms with Gasteiger partial charge < -0.3 is 9.30 Å². The Kier molecular flexibility index (Phi) is 3.43. The Morgan fingerprint density at radius 2 is 2.13 bits per heavy atom. The van der Waals surface area contributed by atoms with Gasteiger partial charge in [0.2, 0.25) is 0 Å². The van der Waals surface area contributed by atoms with E-state index in [9.17, 15) is 18.0 Å². The molecule has 0 bridgehead atoms. The van der Waals surface area contributed by atoms with Crippen molar-refractivity contribution in [3.63, 3.8) is 0 Å². The van der Waals surface area contributed by atoms with Gasteiger partial charge in [0, 0.05) is 19.3 Å². The number of alkyl halides is 3. The van der Waals surface area contributed by atoms with Crippen molar-refractivity contribution in [3.8, 4) is 5.75 Å². The molecular weight excluding hydrogens is 279 g/mol. The van der Waals surface area contributed by atoms with Gasteiger partial charge in [-0.15, -0.1) is 0 Å². The summed E-state index contributed by atoms with van der Waals surface area (Å²) in [5.41, 5.74) is -0.435. The molecule has 0 unspecified atom stereocenters. The fraction of sp³-hybridized carbons (Fsp3) is 0.375. The molecule has 0 fully saturated rings. The van der Waals surface area contributed by atoms with Crippen molar-refractivity contribution >= 4 is 15.9 Å². The zero-order chi connectivity index (χ0) is 11.6. The van der Waals surface area contributed by atoms with E-state index in [0.717, 1.165) is 6.07 Å². The van der Waals surface area contributed by atoms with Crippen LogP contribution in [0.5, 0.6) is 5.75 Å². The second-order valence-corrected chi connectivity index (χ2v) is 3.69. The van der Waals surface area contributed by atoms with Crippen LogP contribution in [0.2, 0.25) is 0 Å². The average molecular weight is 286 g/mol. The molecule has 0 aliphatic rings. The first-order valence-electron chi connectivity index (χ1n) is 3.85. The van der Waals surface area contributed by atoms with Crippen LogP contribution in [0.25, 0.3) is 0 Å². The minimum Gasteiger partial charge on any atom is -0.483 e. The molecule has 0 aliphatic heterocycles. The molecule has 1 aromatic rings. The molecule has 0 saturated carbocycles. The molecule has 0 radical (unpaired) electrons. The Morgan fingerprint density at radius 1 is 1.53 bits per heavy atom. The number of hydrogen-bond acceptors (Lipinski definition) is 2. The number of aryl methyl sites for hydroxylation is 1. The quantitative estimate of drug-likeness (QED) is 0.833. The first kappa shape index (κ1) is 12.1. The molecule has 0 N–H and O–H groups in total. The molecule has 7 heteroatoms. The van der Waals surface area contributed by atoms with E-state index in [-0.39, 0.29) is 5.75 Å². The maximum Gasteiger partial charge on any atom is 0.422 e. The van der Waals surface area contributed by atoms with E-state index < -0.39 is 18.3 Å². The third-order valence-corrected chi connectivity index (χ3v) is 2.13. The van der Waals surface area contributed by atoms with E-state index in [1.165, 1.54) is 17.8 Å². The van der Waals surface area contributed by atoms with E-state index in [4.69, 9.17) is 0 Å². The summed E-state index contributed by atoms with van der Waals surface area (Å²) in [6.45, 7) is -1.42. The lowest BCUT2D eigenvalue weighted by Gasteiger charge is -2.10. The van der Waals surface area contributed by atoms with Gasteiger partial charge in [0.1, 0.15) is 5.75 Å². The second-order valence-electron chi connectivity index (χ2n) is 2.84. The summed E-state index contributed by atoms with van der Waals surface area (Å²) in [6, 6.07) is 0.996. The Labute approximate surface area is 91.6 Å². The summed E-state index contributed by atoms with van der Waals surface area (Å²) < 4.78 is 41.5. The third-order valence-electron chi connectivity index (χ3n) is 1.54. The molecule has 0 saturated heterocycles. The molecule has 1 rings (SSSR count). The smallest absolute Gasteiger partial charge is 0.422 e. The Balaban J connectivity index is 2.87. The standard InChI is InChI=1S/C8H7BrF3NO2/c1-13-3-5(9)6(2-7(13)14)15-4-8(10,11)12/h2-3H,4H2,1H3. The molecular formula is C8H7BrF3NO2. The molecule has 0 aliphatic carbocycles. The third kappa shape index (κ3) is 3.58. The number of hydrogen-bond donors (Lipinski definition) is 0. The number of nitrogens with zero attached hydrogens (tertiary/aromatic N) is 1. The fourth-order valence-electron chi connectivity index (χ4n) is 0.850. The molecule has 3 nitrogen and oxygen atoms in total. The van der Waals surface area contributed by atoms with Gasteiger partial charge in [-0.2, -0.15) is 13.2 Å².